The van der Waals surface area contributed by atoms with Crippen molar-refractivity contribution < 1.29 is 0 Å². The maximum atomic E-state index is 10.7. The van der Waals surface area contributed by atoms with Gasteiger partial charge in [0.15, 0.2) is 0 Å². The molecular weight excluding hydrogens is 183 g/mol. The van der Waals surface area contributed by atoms with Crippen LogP contribution in [0.5, 0.6) is 0 Å². The van der Waals surface area contributed by atoms with Crippen LogP contribution in [0.1, 0.15) is 0 Å². The molecule has 0 aliphatic carbocycles. The zero-order valence-electron chi connectivity index (χ0n) is 4.87. The van der Waals surface area contributed by atoms with Gasteiger partial charge in [0.25, 0.3) is 0 Å². The molecule has 47 valence electrons. The molecule has 0 aliphatic heterocycles. The Balaban J connectivity index is 3.43. The summed E-state index contributed by atoms with van der Waals surface area (Å²) in [4.78, 5) is 14.6. The zero-order valence-corrected chi connectivity index (χ0v) is 6.58. The molecule has 0 aliphatic rings. The van der Waals surface area contributed by atoms with E-state index in [4.69, 9.17) is 0 Å². The van der Waals surface area contributed by atoms with Crippen molar-refractivity contribution in [2.24, 2.45) is 7.05 Å². The van der Waals surface area contributed by atoms with Crippen LogP contribution in [0.15, 0.2) is 17.1 Å². The SMILES string of the molecule is Cn1c([Se])nccc1=O. The summed E-state index contributed by atoms with van der Waals surface area (Å²) < 4.78 is 2.06. The Hall–Kier alpha value is -0.601. The third-order valence-corrected chi connectivity index (χ3v) is 1.82. The van der Waals surface area contributed by atoms with E-state index in [2.05, 4.69) is 21.0 Å². The van der Waals surface area contributed by atoms with Crippen molar-refractivity contribution in [2.75, 3.05) is 0 Å². The molecule has 1 aromatic rings. The van der Waals surface area contributed by atoms with Gasteiger partial charge in [-0.05, 0) is 0 Å². The van der Waals surface area contributed by atoms with Crippen LogP contribution >= 0.6 is 0 Å². The van der Waals surface area contributed by atoms with Crippen LogP contribution < -0.4 is 10.3 Å². The summed E-state index contributed by atoms with van der Waals surface area (Å²) in [5.41, 5.74) is -0.0428. The molecule has 0 unspecified atom stereocenters. The fourth-order valence-electron chi connectivity index (χ4n) is 0.457. The van der Waals surface area contributed by atoms with E-state index < -0.39 is 0 Å². The van der Waals surface area contributed by atoms with Gasteiger partial charge in [0.05, 0.1) is 0 Å². The third-order valence-electron chi connectivity index (χ3n) is 1.02. The van der Waals surface area contributed by atoms with Gasteiger partial charge in [-0.1, -0.05) is 0 Å². The minimum atomic E-state index is -0.0428. The van der Waals surface area contributed by atoms with Crippen molar-refractivity contribution in [2.45, 2.75) is 0 Å². The Morgan fingerprint density at radius 3 is 2.89 bits per heavy atom. The van der Waals surface area contributed by atoms with E-state index in [9.17, 15) is 4.79 Å². The summed E-state index contributed by atoms with van der Waals surface area (Å²) in [6, 6.07) is 1.42. The molecule has 0 atom stereocenters. The molecule has 0 N–H and O–H groups in total. The van der Waals surface area contributed by atoms with E-state index in [1.807, 2.05) is 0 Å². The summed E-state index contributed by atoms with van der Waals surface area (Å²) in [6.45, 7) is 0. The first-order valence-corrected chi connectivity index (χ1v) is 3.26. The normalized spacial score (nSPS) is 9.44. The standard InChI is InChI=1S/C5H5N2OSe/c1-7-4(8)2-3-6-5(7)9/h2-3H,1H3. The van der Waals surface area contributed by atoms with Crippen molar-refractivity contribution in [1.82, 2.24) is 9.55 Å². The monoisotopic (exact) mass is 189 g/mol. The second-order valence-corrected chi connectivity index (χ2v) is 2.39. The van der Waals surface area contributed by atoms with E-state index >= 15 is 0 Å². The minimum absolute atomic E-state index is 0.0428. The van der Waals surface area contributed by atoms with Gasteiger partial charge in [0.1, 0.15) is 0 Å². The number of hydrogen-bond acceptors (Lipinski definition) is 2. The van der Waals surface area contributed by atoms with E-state index in [1.54, 1.807) is 7.05 Å². The molecule has 9 heavy (non-hydrogen) atoms. The van der Waals surface area contributed by atoms with Crippen molar-refractivity contribution in [3.63, 3.8) is 0 Å². The molecule has 3 nitrogen and oxygen atoms in total. The van der Waals surface area contributed by atoms with Crippen molar-refractivity contribution in [1.29, 1.82) is 0 Å². The van der Waals surface area contributed by atoms with E-state index in [1.165, 1.54) is 16.8 Å². The predicted molar refractivity (Wildman–Crippen MR) is 34.9 cm³/mol. The Morgan fingerprint density at radius 1 is 1.78 bits per heavy atom. The second kappa shape index (κ2) is 2.33. The Bertz CT molecular complexity index is 268. The number of rotatable bonds is 0. The molecule has 4 heteroatoms. The maximum absolute atomic E-state index is 10.7. The van der Waals surface area contributed by atoms with Crippen LogP contribution in [0.25, 0.3) is 0 Å². The molecule has 1 radical (unpaired) electrons. The molecule has 0 aromatic carbocycles. The van der Waals surface area contributed by atoms with Gasteiger partial charge in [-0.15, -0.1) is 0 Å². The quantitative estimate of drug-likeness (QED) is 0.468. The first kappa shape index (κ1) is 6.52. The van der Waals surface area contributed by atoms with E-state index in [0.29, 0.717) is 4.72 Å². The summed E-state index contributed by atoms with van der Waals surface area (Å²) in [5.74, 6) is 0. The number of aromatic nitrogens is 2. The number of nitrogens with zero attached hydrogens (tertiary/aromatic N) is 2. The fraction of sp³-hybridized carbons (Fsp3) is 0.200. The van der Waals surface area contributed by atoms with Gasteiger partial charge in [-0.3, -0.25) is 0 Å². The summed E-state index contributed by atoms with van der Waals surface area (Å²) >= 11 is 2.66. The van der Waals surface area contributed by atoms with Crippen molar-refractivity contribution in [3.8, 4) is 0 Å². The molecule has 0 fully saturated rings. The summed E-state index contributed by atoms with van der Waals surface area (Å²) in [6.07, 6.45) is 1.48. The Kier molecular flexibility index (Phi) is 1.69. The topological polar surface area (TPSA) is 34.9 Å². The van der Waals surface area contributed by atoms with Crippen LogP contribution in [0, 0.1) is 0 Å². The first-order chi connectivity index (χ1) is 4.22. The van der Waals surface area contributed by atoms with Crippen LogP contribution in [-0.2, 0) is 7.05 Å². The fourth-order valence-corrected chi connectivity index (χ4v) is 0.774. The average molecular weight is 188 g/mol. The predicted octanol–water partition coefficient (Wildman–Crippen LogP) is -1.43. The van der Waals surface area contributed by atoms with Gasteiger partial charge in [-0.2, -0.15) is 0 Å². The van der Waals surface area contributed by atoms with Crippen LogP contribution in [0.2, 0.25) is 0 Å². The molecule has 0 spiro atoms. The summed E-state index contributed by atoms with van der Waals surface area (Å²) in [5, 5.41) is 0. The Morgan fingerprint density at radius 2 is 2.44 bits per heavy atom. The van der Waals surface area contributed by atoms with E-state index in [0.717, 1.165) is 0 Å². The van der Waals surface area contributed by atoms with Crippen LogP contribution in [-0.4, -0.2) is 25.6 Å². The molecule has 0 bridgehead atoms. The molecule has 1 aromatic heterocycles. The van der Waals surface area contributed by atoms with Gasteiger partial charge < -0.3 is 0 Å². The number of hydrogen-bond donors (Lipinski definition) is 0. The van der Waals surface area contributed by atoms with Gasteiger partial charge in [0, 0.05) is 0 Å². The molecule has 1 rings (SSSR count). The van der Waals surface area contributed by atoms with Gasteiger partial charge in [0.2, 0.25) is 0 Å². The average Bonchev–Trinajstić information content (AvgIpc) is 1.83. The van der Waals surface area contributed by atoms with Gasteiger partial charge >= 0.3 is 60.0 Å². The van der Waals surface area contributed by atoms with Gasteiger partial charge in [-0.25, -0.2) is 0 Å². The van der Waals surface area contributed by atoms with Crippen LogP contribution in [0.4, 0.5) is 0 Å². The zero-order chi connectivity index (χ0) is 6.85. The third kappa shape index (κ3) is 1.20. The molecule has 0 saturated heterocycles. The summed E-state index contributed by atoms with van der Waals surface area (Å²) in [7, 11) is 1.67. The molecule has 0 saturated carbocycles. The van der Waals surface area contributed by atoms with E-state index in [-0.39, 0.29) is 5.56 Å². The molecule has 1 heterocycles. The van der Waals surface area contributed by atoms with Crippen molar-refractivity contribution in [3.05, 3.63) is 22.6 Å². The second-order valence-electron chi connectivity index (χ2n) is 1.62. The Labute approximate surface area is 60.5 Å². The van der Waals surface area contributed by atoms with Crippen LogP contribution in [0.3, 0.4) is 0 Å². The molecular formula is C5H5N2OSe. The molecule has 0 amide bonds. The first-order valence-electron chi connectivity index (χ1n) is 2.41. The van der Waals surface area contributed by atoms with Crippen molar-refractivity contribution >= 4 is 20.7 Å².